The maximum atomic E-state index is 11.4. The lowest BCUT2D eigenvalue weighted by atomic mass is 10.1. The zero-order valence-electron chi connectivity index (χ0n) is 9.23. The topological polar surface area (TPSA) is 72.9 Å². The molecule has 0 fully saturated rings. The van der Waals surface area contributed by atoms with Crippen LogP contribution in [0.5, 0.6) is 0 Å². The number of nitrogens with one attached hydrogen (secondary N) is 1. The Labute approximate surface area is 131 Å². The van der Waals surface area contributed by atoms with E-state index in [1.54, 1.807) is 12.4 Å². The molecule has 0 saturated carbocycles. The molecular formula is C11H10I2N4O. The van der Waals surface area contributed by atoms with Crippen LogP contribution in [0.4, 0.5) is 0 Å². The number of carbonyl (C=O) groups is 1. The zero-order chi connectivity index (χ0) is 13.1. The van der Waals surface area contributed by atoms with Crippen molar-refractivity contribution in [3.63, 3.8) is 0 Å². The molecule has 0 bridgehead atoms. The van der Waals surface area contributed by atoms with Crippen molar-refractivity contribution >= 4 is 51.1 Å². The quantitative estimate of drug-likeness (QED) is 0.312. The van der Waals surface area contributed by atoms with Gasteiger partial charge < -0.3 is 4.57 Å². The van der Waals surface area contributed by atoms with Gasteiger partial charge in [-0.1, -0.05) is 12.1 Å². The average Bonchev–Trinajstić information content (AvgIpc) is 2.70. The number of hydrogen-bond acceptors (Lipinski definition) is 3. The third-order valence-electron chi connectivity index (χ3n) is 2.41. The number of benzene rings is 1. The van der Waals surface area contributed by atoms with Crippen molar-refractivity contribution in [2.45, 2.75) is 6.54 Å². The summed E-state index contributed by atoms with van der Waals surface area (Å²) in [5, 5.41) is 0. The number of rotatable bonds is 3. The van der Waals surface area contributed by atoms with Crippen molar-refractivity contribution in [3.8, 4) is 0 Å². The molecule has 5 nitrogen and oxygen atoms in total. The summed E-state index contributed by atoms with van der Waals surface area (Å²) in [5.41, 5.74) is 3.71. The smallest absolute Gasteiger partial charge is 0.265 e. The molecule has 0 aliphatic heterocycles. The average molecular weight is 468 g/mol. The van der Waals surface area contributed by atoms with Crippen LogP contribution in [0.2, 0.25) is 0 Å². The van der Waals surface area contributed by atoms with Crippen molar-refractivity contribution in [3.05, 3.63) is 49.1 Å². The van der Waals surface area contributed by atoms with E-state index in [0.29, 0.717) is 12.1 Å². The summed E-state index contributed by atoms with van der Waals surface area (Å²) in [5.74, 6) is 4.83. The molecule has 1 amide bonds. The number of hydrazine groups is 1. The van der Waals surface area contributed by atoms with E-state index in [9.17, 15) is 4.79 Å². The Balaban J connectivity index is 2.24. The van der Waals surface area contributed by atoms with Gasteiger partial charge in [-0.2, -0.15) is 0 Å². The third-order valence-corrected chi connectivity index (χ3v) is 5.36. The highest BCUT2D eigenvalue weighted by Gasteiger charge is 2.07. The van der Waals surface area contributed by atoms with Crippen LogP contribution in [0, 0.1) is 7.40 Å². The molecule has 1 heterocycles. The molecule has 94 valence electrons. The van der Waals surface area contributed by atoms with Crippen LogP contribution < -0.4 is 11.3 Å². The van der Waals surface area contributed by atoms with Crippen LogP contribution in [0.25, 0.3) is 0 Å². The summed E-state index contributed by atoms with van der Waals surface area (Å²) in [4.78, 5) is 15.7. The van der Waals surface area contributed by atoms with Crippen LogP contribution in [-0.4, -0.2) is 15.5 Å². The fourth-order valence-electron chi connectivity index (χ4n) is 1.54. The lowest BCUT2D eigenvalue weighted by molar-refractivity contribution is 0.0953. The van der Waals surface area contributed by atoms with E-state index in [2.05, 4.69) is 55.6 Å². The number of nitrogen functional groups attached to an aromatic ring is 1. The van der Waals surface area contributed by atoms with Gasteiger partial charge in [-0.3, -0.25) is 10.2 Å². The number of nitrogens with zero attached hydrogens (tertiary/aromatic N) is 2. The van der Waals surface area contributed by atoms with Crippen molar-refractivity contribution in [2.24, 2.45) is 5.84 Å². The molecule has 2 aromatic rings. The number of imidazole rings is 1. The molecular weight excluding hydrogens is 458 g/mol. The van der Waals surface area contributed by atoms with E-state index < -0.39 is 0 Å². The van der Waals surface area contributed by atoms with Gasteiger partial charge in [0.1, 0.15) is 7.40 Å². The van der Waals surface area contributed by atoms with Gasteiger partial charge in [-0.25, -0.2) is 10.8 Å². The summed E-state index contributed by atoms with van der Waals surface area (Å²) in [6.45, 7) is 0.681. The van der Waals surface area contributed by atoms with Crippen LogP contribution in [-0.2, 0) is 6.54 Å². The second-order valence-corrected chi connectivity index (χ2v) is 5.67. The summed E-state index contributed by atoms with van der Waals surface area (Å²) in [6.07, 6.45) is 1.79. The Morgan fingerprint density at radius 3 is 2.83 bits per heavy atom. The number of carbonyl (C=O) groups excluding carboxylic acids is 1. The first-order valence-corrected chi connectivity index (χ1v) is 7.23. The first kappa shape index (κ1) is 13.7. The van der Waals surface area contributed by atoms with E-state index in [1.165, 1.54) is 0 Å². The first-order valence-electron chi connectivity index (χ1n) is 5.08. The Morgan fingerprint density at radius 1 is 1.44 bits per heavy atom. The lowest BCUT2D eigenvalue weighted by Crippen LogP contribution is -2.30. The molecule has 18 heavy (non-hydrogen) atoms. The molecule has 1 aromatic heterocycles. The Hall–Kier alpha value is -0.680. The number of hydrogen-bond donors (Lipinski definition) is 2. The highest BCUT2D eigenvalue weighted by atomic mass is 127. The fourth-order valence-corrected chi connectivity index (χ4v) is 2.41. The third kappa shape index (κ3) is 3.01. The van der Waals surface area contributed by atoms with Gasteiger partial charge in [0.05, 0.1) is 6.33 Å². The lowest BCUT2D eigenvalue weighted by Gasteiger charge is -2.06. The van der Waals surface area contributed by atoms with Crippen LogP contribution in [0.1, 0.15) is 15.9 Å². The highest BCUT2D eigenvalue weighted by Crippen LogP contribution is 2.15. The van der Waals surface area contributed by atoms with E-state index in [0.717, 1.165) is 13.0 Å². The number of halogens is 2. The molecule has 7 heteroatoms. The normalized spacial score (nSPS) is 10.4. The molecule has 0 spiro atoms. The molecule has 0 saturated heterocycles. The number of amides is 1. The summed E-state index contributed by atoms with van der Waals surface area (Å²) in [7, 11) is 0. The van der Waals surface area contributed by atoms with Crippen molar-refractivity contribution < 1.29 is 4.79 Å². The van der Waals surface area contributed by atoms with E-state index in [1.807, 2.05) is 22.8 Å². The Kier molecular flexibility index (Phi) is 4.56. The van der Waals surface area contributed by atoms with E-state index in [-0.39, 0.29) is 5.91 Å². The first-order chi connectivity index (χ1) is 8.61. The minimum Gasteiger partial charge on any atom is -0.321 e. The van der Waals surface area contributed by atoms with Gasteiger partial charge in [0.25, 0.3) is 5.91 Å². The van der Waals surface area contributed by atoms with Gasteiger partial charge in [0, 0.05) is 12.1 Å². The highest BCUT2D eigenvalue weighted by molar-refractivity contribution is 14.1. The van der Waals surface area contributed by atoms with Gasteiger partial charge in [0.15, 0.2) is 0 Å². The zero-order valence-corrected chi connectivity index (χ0v) is 13.5. The number of aromatic nitrogens is 2. The molecule has 1 aromatic carbocycles. The maximum Gasteiger partial charge on any atom is 0.265 e. The summed E-state index contributed by atoms with van der Waals surface area (Å²) >= 11 is 4.44. The molecule has 0 aliphatic carbocycles. The maximum absolute atomic E-state index is 11.4. The Morgan fingerprint density at radius 2 is 2.22 bits per heavy atom. The summed E-state index contributed by atoms with van der Waals surface area (Å²) in [6, 6.07) is 7.37. The molecule has 3 N–H and O–H groups in total. The van der Waals surface area contributed by atoms with Gasteiger partial charge in [-0.05, 0) is 62.9 Å². The largest absolute Gasteiger partial charge is 0.321 e. The minimum absolute atomic E-state index is 0.285. The van der Waals surface area contributed by atoms with Gasteiger partial charge in [-0.15, -0.1) is 0 Å². The van der Waals surface area contributed by atoms with Gasteiger partial charge >= 0.3 is 0 Å². The molecule has 0 atom stereocenters. The van der Waals surface area contributed by atoms with E-state index in [4.69, 9.17) is 5.84 Å². The van der Waals surface area contributed by atoms with Crippen LogP contribution >= 0.6 is 45.2 Å². The van der Waals surface area contributed by atoms with Crippen molar-refractivity contribution in [2.75, 3.05) is 0 Å². The van der Waals surface area contributed by atoms with Gasteiger partial charge in [0.2, 0.25) is 0 Å². The predicted octanol–water partition coefficient (Wildman–Crippen LogP) is 1.74. The number of nitrogens with two attached hydrogens (primary N) is 1. The molecule has 2 rings (SSSR count). The minimum atomic E-state index is -0.285. The molecule has 0 radical (unpaired) electrons. The predicted molar refractivity (Wildman–Crippen MR) is 84.9 cm³/mol. The fraction of sp³-hybridized carbons (Fsp3) is 0.0909. The monoisotopic (exact) mass is 468 g/mol. The Bertz CT molecular complexity index is 582. The van der Waals surface area contributed by atoms with Crippen LogP contribution in [0.3, 0.4) is 0 Å². The SMILES string of the molecule is NNC(=O)c1cccc(Cn2cnc(I)c2I)c1. The van der Waals surface area contributed by atoms with Crippen molar-refractivity contribution in [1.82, 2.24) is 15.0 Å². The second kappa shape index (κ2) is 5.97. The van der Waals surface area contributed by atoms with Crippen molar-refractivity contribution in [1.29, 1.82) is 0 Å². The standard InChI is InChI=1S/C11H10I2N4O/c12-9-10(13)17(6-15-9)5-7-2-1-3-8(4-7)11(18)16-14/h1-4,6H,5,14H2,(H,16,18). The van der Waals surface area contributed by atoms with E-state index >= 15 is 0 Å². The molecule has 0 aliphatic rings. The molecule has 0 unspecified atom stereocenters. The summed E-state index contributed by atoms with van der Waals surface area (Å²) < 4.78 is 4.09. The second-order valence-electron chi connectivity index (χ2n) is 3.63. The van der Waals surface area contributed by atoms with Crippen LogP contribution in [0.15, 0.2) is 30.6 Å².